The second kappa shape index (κ2) is 7.62. The highest BCUT2D eigenvalue weighted by atomic mass is 35.5. The highest BCUT2D eigenvalue weighted by Crippen LogP contribution is 2.40. The van der Waals surface area contributed by atoms with Gasteiger partial charge in [0.15, 0.2) is 0 Å². The number of nitrogens with zero attached hydrogens (tertiary/aromatic N) is 1. The van der Waals surface area contributed by atoms with Crippen LogP contribution in [-0.4, -0.2) is 12.2 Å². The van der Waals surface area contributed by atoms with Gasteiger partial charge in [0, 0.05) is 10.7 Å². The average Bonchev–Trinajstić information content (AvgIpc) is 2.70. The minimum Gasteiger partial charge on any atom is -0.420 e. The van der Waals surface area contributed by atoms with E-state index in [1.165, 1.54) is 4.90 Å². The summed E-state index contributed by atoms with van der Waals surface area (Å²) in [5.41, 5.74) is 1.57. The van der Waals surface area contributed by atoms with E-state index in [4.69, 9.17) is 21.1 Å². The smallest absolute Gasteiger partial charge is 0.420 e. The third-order valence-corrected chi connectivity index (χ3v) is 4.37. The Labute approximate surface area is 166 Å². The van der Waals surface area contributed by atoms with Gasteiger partial charge in [-0.1, -0.05) is 48.0 Å². The lowest BCUT2D eigenvalue weighted by atomic mass is 10.1. The van der Waals surface area contributed by atoms with Crippen LogP contribution in [-0.2, 0) is 4.74 Å². The number of halogens is 1. The molecular weight excluding hydrogens is 380 g/mol. The monoisotopic (exact) mass is 394 g/mol. The van der Waals surface area contributed by atoms with Crippen molar-refractivity contribution in [3.8, 4) is 5.75 Å². The van der Waals surface area contributed by atoms with Crippen molar-refractivity contribution in [2.75, 3.05) is 10.2 Å². The number of fused-ring (bicyclic) bond motifs is 1. The van der Waals surface area contributed by atoms with Crippen LogP contribution in [0.25, 0.3) is 0 Å². The van der Waals surface area contributed by atoms with E-state index >= 15 is 0 Å². The van der Waals surface area contributed by atoms with Gasteiger partial charge < -0.3 is 9.47 Å². The minimum atomic E-state index is -1.04. The number of carbonyl (C=O) groups excluding carboxylic acids is 2. The molecule has 2 amide bonds. The summed E-state index contributed by atoms with van der Waals surface area (Å²) >= 11 is 6.12. The molecule has 7 heteroatoms. The van der Waals surface area contributed by atoms with E-state index < -0.39 is 18.4 Å². The Bertz CT molecular complexity index is 1010. The molecule has 28 heavy (non-hydrogen) atoms. The molecule has 3 aromatic carbocycles. The molecule has 1 heterocycles. The van der Waals surface area contributed by atoms with Crippen molar-refractivity contribution in [3.63, 3.8) is 0 Å². The van der Waals surface area contributed by atoms with E-state index in [1.807, 2.05) is 12.1 Å². The average molecular weight is 395 g/mol. The zero-order valence-electron chi connectivity index (χ0n) is 14.5. The first-order chi connectivity index (χ1) is 13.6. The molecule has 6 nitrogen and oxygen atoms in total. The number of benzene rings is 3. The molecule has 0 unspecified atom stereocenters. The van der Waals surface area contributed by atoms with Gasteiger partial charge in [-0.15, -0.1) is 0 Å². The van der Waals surface area contributed by atoms with E-state index in [2.05, 4.69) is 5.32 Å². The molecule has 0 saturated carbocycles. The van der Waals surface area contributed by atoms with E-state index in [0.717, 1.165) is 0 Å². The van der Waals surface area contributed by atoms with Crippen molar-refractivity contribution in [2.24, 2.45) is 0 Å². The summed E-state index contributed by atoms with van der Waals surface area (Å²) in [4.78, 5) is 26.4. The maximum atomic E-state index is 12.7. The highest BCUT2D eigenvalue weighted by Gasteiger charge is 2.38. The predicted molar refractivity (Wildman–Crippen MR) is 106 cm³/mol. The largest absolute Gasteiger partial charge is 0.423 e. The Hall–Kier alpha value is -3.51. The van der Waals surface area contributed by atoms with Crippen LogP contribution in [0.3, 0.4) is 0 Å². The quantitative estimate of drug-likeness (QED) is 0.627. The standard InChI is InChI=1S/C21H15ClN2O4/c22-14-11-12-18-17(13-14)19(28-20(25)23-15-7-3-1-4-8-15)24(21(26)27-18)16-9-5-2-6-10-16/h1-13,19H,(H,23,25)/t19-/m0/s1. The summed E-state index contributed by atoms with van der Waals surface area (Å²) in [5.74, 6) is 0.291. The number of hydrogen-bond donors (Lipinski definition) is 1. The molecule has 1 atom stereocenters. The molecule has 0 saturated heterocycles. The Morgan fingerprint density at radius 3 is 2.39 bits per heavy atom. The van der Waals surface area contributed by atoms with Gasteiger partial charge in [0.2, 0.25) is 6.23 Å². The van der Waals surface area contributed by atoms with E-state index in [9.17, 15) is 9.59 Å². The molecule has 4 rings (SSSR count). The molecule has 0 fully saturated rings. The van der Waals surface area contributed by atoms with E-state index in [1.54, 1.807) is 66.7 Å². The van der Waals surface area contributed by atoms with E-state index in [-0.39, 0.29) is 0 Å². The molecule has 0 radical (unpaired) electrons. The fourth-order valence-corrected chi connectivity index (χ4v) is 3.08. The summed E-state index contributed by atoms with van der Waals surface area (Å²) < 4.78 is 11.0. The van der Waals surface area contributed by atoms with Crippen molar-refractivity contribution in [1.29, 1.82) is 0 Å². The first-order valence-electron chi connectivity index (χ1n) is 8.50. The Kier molecular flexibility index (Phi) is 4.87. The van der Waals surface area contributed by atoms with Crippen LogP contribution in [0.4, 0.5) is 21.0 Å². The summed E-state index contributed by atoms with van der Waals surface area (Å²) in [5, 5.41) is 3.08. The molecule has 3 aromatic rings. The SMILES string of the molecule is O=C(Nc1ccccc1)O[C@H]1c2cc(Cl)ccc2OC(=O)N1c1ccccc1. The maximum Gasteiger partial charge on any atom is 0.423 e. The number of carbonyl (C=O) groups is 2. The normalized spacial score (nSPS) is 15.4. The van der Waals surface area contributed by atoms with Crippen LogP contribution in [0.1, 0.15) is 11.8 Å². The Morgan fingerprint density at radius 2 is 1.68 bits per heavy atom. The zero-order chi connectivity index (χ0) is 19.5. The molecule has 0 aromatic heterocycles. The van der Waals surface area contributed by atoms with Gasteiger partial charge >= 0.3 is 12.2 Å². The lowest BCUT2D eigenvalue weighted by Gasteiger charge is -2.35. The van der Waals surface area contributed by atoms with Crippen LogP contribution in [0, 0.1) is 0 Å². The van der Waals surface area contributed by atoms with Gasteiger partial charge in [0.05, 0.1) is 11.3 Å². The number of para-hydroxylation sites is 2. The van der Waals surface area contributed by atoms with Crippen LogP contribution < -0.4 is 15.0 Å². The molecule has 140 valence electrons. The van der Waals surface area contributed by atoms with Gasteiger partial charge in [0.25, 0.3) is 0 Å². The number of amides is 2. The molecule has 1 aliphatic rings. The number of anilines is 2. The van der Waals surface area contributed by atoms with Gasteiger partial charge in [-0.2, -0.15) is 0 Å². The first-order valence-corrected chi connectivity index (χ1v) is 8.88. The first kappa shape index (κ1) is 17.9. The summed E-state index contributed by atoms with van der Waals surface area (Å²) in [6, 6.07) is 22.5. The van der Waals surface area contributed by atoms with Gasteiger partial charge in [-0.05, 0) is 42.5 Å². The Morgan fingerprint density at radius 1 is 1.00 bits per heavy atom. The van der Waals surface area contributed by atoms with Crippen molar-refractivity contribution in [1.82, 2.24) is 0 Å². The summed E-state index contributed by atoms with van der Waals surface area (Å²) in [7, 11) is 0. The molecule has 1 N–H and O–H groups in total. The maximum absolute atomic E-state index is 12.7. The number of rotatable bonds is 3. The van der Waals surface area contributed by atoms with Gasteiger partial charge in [0.1, 0.15) is 5.75 Å². The topological polar surface area (TPSA) is 67.9 Å². The van der Waals surface area contributed by atoms with Crippen molar-refractivity contribution in [3.05, 3.63) is 89.4 Å². The fraction of sp³-hybridized carbons (Fsp3) is 0.0476. The van der Waals surface area contributed by atoms with Crippen molar-refractivity contribution < 1.29 is 19.1 Å². The highest BCUT2D eigenvalue weighted by molar-refractivity contribution is 6.30. The summed E-state index contributed by atoms with van der Waals surface area (Å²) in [6.07, 6.45) is -2.41. The third-order valence-electron chi connectivity index (χ3n) is 4.14. The fourth-order valence-electron chi connectivity index (χ4n) is 2.90. The molecule has 1 aliphatic heterocycles. The van der Waals surface area contributed by atoms with Gasteiger partial charge in [-0.3, -0.25) is 5.32 Å². The Balaban J connectivity index is 1.70. The second-order valence-electron chi connectivity index (χ2n) is 6.00. The van der Waals surface area contributed by atoms with Crippen LogP contribution >= 0.6 is 11.6 Å². The van der Waals surface area contributed by atoms with E-state index in [0.29, 0.717) is 27.7 Å². The third kappa shape index (κ3) is 3.63. The second-order valence-corrected chi connectivity index (χ2v) is 6.44. The molecule has 0 bridgehead atoms. The zero-order valence-corrected chi connectivity index (χ0v) is 15.3. The van der Waals surface area contributed by atoms with Crippen LogP contribution in [0.15, 0.2) is 78.9 Å². The number of ether oxygens (including phenoxy) is 2. The molecule has 0 spiro atoms. The predicted octanol–water partition coefficient (Wildman–Crippen LogP) is 5.61. The number of hydrogen-bond acceptors (Lipinski definition) is 4. The summed E-state index contributed by atoms with van der Waals surface area (Å²) in [6.45, 7) is 0. The lowest BCUT2D eigenvalue weighted by molar-refractivity contribution is 0.0964. The number of nitrogens with one attached hydrogen (secondary N) is 1. The van der Waals surface area contributed by atoms with Crippen LogP contribution in [0.5, 0.6) is 5.75 Å². The van der Waals surface area contributed by atoms with Crippen molar-refractivity contribution in [2.45, 2.75) is 6.23 Å². The minimum absolute atomic E-state index is 0.291. The van der Waals surface area contributed by atoms with Crippen molar-refractivity contribution >= 4 is 35.2 Å². The molecule has 0 aliphatic carbocycles. The molecular formula is C21H15ClN2O4. The van der Waals surface area contributed by atoms with Gasteiger partial charge in [-0.25, -0.2) is 14.5 Å². The lowest BCUT2D eigenvalue weighted by Crippen LogP contribution is -2.43. The van der Waals surface area contributed by atoms with Crippen LogP contribution in [0.2, 0.25) is 5.02 Å².